The van der Waals surface area contributed by atoms with Crippen LogP contribution in [0.1, 0.15) is 56.5 Å². The molecule has 1 aliphatic carbocycles. The molecule has 3 aromatic rings. The van der Waals surface area contributed by atoms with E-state index in [-0.39, 0.29) is 5.75 Å². The van der Waals surface area contributed by atoms with Crippen molar-refractivity contribution in [3.63, 3.8) is 0 Å². The van der Waals surface area contributed by atoms with Gasteiger partial charge in [0.05, 0.1) is 18.2 Å². The van der Waals surface area contributed by atoms with Gasteiger partial charge in [0.1, 0.15) is 11.2 Å². The van der Waals surface area contributed by atoms with Gasteiger partial charge in [0.25, 0.3) is 0 Å². The summed E-state index contributed by atoms with van der Waals surface area (Å²) in [5, 5.41) is 15.4. The largest absolute Gasteiger partial charge is 0.504 e. The van der Waals surface area contributed by atoms with Crippen LogP contribution in [0.15, 0.2) is 29.6 Å². The van der Waals surface area contributed by atoms with E-state index < -0.39 is 0 Å². The molecule has 0 fully saturated rings. The van der Waals surface area contributed by atoms with Gasteiger partial charge >= 0.3 is 0 Å². The van der Waals surface area contributed by atoms with Crippen molar-refractivity contribution in [3.8, 4) is 11.5 Å². The van der Waals surface area contributed by atoms with E-state index in [1.165, 1.54) is 23.3 Å². The van der Waals surface area contributed by atoms with E-state index in [9.17, 15) is 5.11 Å². The van der Waals surface area contributed by atoms with Gasteiger partial charge in [-0.15, -0.1) is 11.3 Å². The highest BCUT2D eigenvalue weighted by Crippen LogP contribution is 2.45. The van der Waals surface area contributed by atoms with Crippen LogP contribution in [0.25, 0.3) is 10.2 Å². The Kier molecular flexibility index (Phi) is 6.14. The maximum absolute atomic E-state index is 9.87. The van der Waals surface area contributed by atoms with Crippen molar-refractivity contribution in [2.75, 3.05) is 12.0 Å². The molecule has 0 saturated heterocycles. The topological polar surface area (TPSA) is 79.6 Å². The van der Waals surface area contributed by atoms with Crippen molar-refractivity contribution in [3.05, 3.63) is 40.5 Å². The Hall–Kier alpha value is -2.67. The molecule has 164 valence electrons. The van der Waals surface area contributed by atoms with Crippen LogP contribution in [0, 0.1) is 11.3 Å². The highest BCUT2D eigenvalue weighted by Gasteiger charge is 2.33. The zero-order chi connectivity index (χ0) is 22.0. The predicted molar refractivity (Wildman–Crippen MR) is 127 cm³/mol. The van der Waals surface area contributed by atoms with Crippen molar-refractivity contribution in [2.45, 2.75) is 53.4 Å². The number of nitrogens with zero attached hydrogens (tertiary/aromatic N) is 3. The molecule has 2 N–H and O–H groups in total. The molecule has 1 aliphatic rings. The van der Waals surface area contributed by atoms with Gasteiger partial charge < -0.3 is 9.84 Å². The Morgan fingerprint density at radius 3 is 2.94 bits per heavy atom. The highest BCUT2D eigenvalue weighted by molar-refractivity contribution is 7.19. The van der Waals surface area contributed by atoms with Crippen LogP contribution >= 0.6 is 11.3 Å². The van der Waals surface area contributed by atoms with E-state index in [0.717, 1.165) is 34.4 Å². The van der Waals surface area contributed by atoms with Crippen molar-refractivity contribution in [1.29, 1.82) is 0 Å². The number of benzene rings is 1. The lowest BCUT2D eigenvalue weighted by molar-refractivity contribution is 0.184. The predicted octanol–water partition coefficient (Wildman–Crippen LogP) is 5.78. The van der Waals surface area contributed by atoms with Crippen LogP contribution in [0.5, 0.6) is 11.5 Å². The molecule has 0 saturated carbocycles. The van der Waals surface area contributed by atoms with Gasteiger partial charge in [0, 0.05) is 4.88 Å². The van der Waals surface area contributed by atoms with E-state index in [0.29, 0.717) is 23.7 Å². The van der Waals surface area contributed by atoms with Gasteiger partial charge in [-0.1, -0.05) is 27.2 Å². The molecule has 0 radical (unpaired) electrons. The number of hydrogen-bond acceptors (Lipinski definition) is 7. The van der Waals surface area contributed by atoms with Crippen LogP contribution in [0.3, 0.4) is 0 Å². The third kappa shape index (κ3) is 4.37. The minimum absolute atomic E-state index is 0.124. The molecule has 6 nitrogen and oxygen atoms in total. The number of phenols is 1. The molecule has 2 aromatic heterocycles. The van der Waals surface area contributed by atoms with Crippen molar-refractivity contribution in [2.24, 2.45) is 16.4 Å². The highest BCUT2D eigenvalue weighted by atomic mass is 32.1. The summed E-state index contributed by atoms with van der Waals surface area (Å²) < 4.78 is 5.45. The fraction of sp³-hybridized carbons (Fsp3) is 0.458. The quantitative estimate of drug-likeness (QED) is 0.361. The molecule has 0 amide bonds. The molecular formula is C24H30N4O2S. The molecule has 0 aliphatic heterocycles. The number of fused-ring (bicyclic) bond motifs is 3. The molecule has 1 aromatic carbocycles. The van der Waals surface area contributed by atoms with Gasteiger partial charge in [-0.2, -0.15) is 5.10 Å². The maximum Gasteiger partial charge on any atom is 0.161 e. The number of aromatic nitrogens is 2. The second-order valence-electron chi connectivity index (χ2n) is 8.72. The Balaban J connectivity index is 1.60. The lowest BCUT2D eigenvalue weighted by Gasteiger charge is -2.36. The summed E-state index contributed by atoms with van der Waals surface area (Å²) in [5.74, 6) is 1.98. The van der Waals surface area contributed by atoms with Crippen molar-refractivity contribution in [1.82, 2.24) is 9.97 Å². The summed E-state index contributed by atoms with van der Waals surface area (Å²) in [7, 11) is 0. The first-order valence-corrected chi connectivity index (χ1v) is 11.7. The number of hydrogen-bond donors (Lipinski definition) is 2. The van der Waals surface area contributed by atoms with Crippen LogP contribution in [-0.2, 0) is 12.8 Å². The van der Waals surface area contributed by atoms with E-state index in [4.69, 9.17) is 4.74 Å². The maximum atomic E-state index is 9.87. The van der Waals surface area contributed by atoms with Gasteiger partial charge in [-0.3, -0.25) is 5.43 Å². The smallest absolute Gasteiger partial charge is 0.161 e. The summed E-state index contributed by atoms with van der Waals surface area (Å²) in [5.41, 5.74) is 5.67. The third-order valence-corrected chi connectivity index (χ3v) is 7.73. The van der Waals surface area contributed by atoms with E-state index in [1.54, 1.807) is 42.1 Å². The number of phenolic OH excluding ortho intramolecular Hbond substituents is 1. The van der Waals surface area contributed by atoms with E-state index >= 15 is 0 Å². The third-order valence-electron chi connectivity index (χ3n) is 6.53. The minimum atomic E-state index is 0.124. The van der Waals surface area contributed by atoms with Gasteiger partial charge in [0.2, 0.25) is 0 Å². The number of hydrazone groups is 1. The summed E-state index contributed by atoms with van der Waals surface area (Å²) in [6.45, 7) is 9.42. The zero-order valence-electron chi connectivity index (χ0n) is 18.6. The summed E-state index contributed by atoms with van der Waals surface area (Å²) >= 11 is 1.79. The first-order chi connectivity index (χ1) is 14.9. The van der Waals surface area contributed by atoms with E-state index in [2.05, 4.69) is 41.3 Å². The van der Waals surface area contributed by atoms with Gasteiger partial charge in [-0.25, -0.2) is 9.97 Å². The molecule has 4 rings (SSSR count). The van der Waals surface area contributed by atoms with Gasteiger partial charge in [-0.05, 0) is 66.8 Å². The molecule has 0 spiro atoms. The fourth-order valence-electron chi connectivity index (χ4n) is 4.20. The molecular weight excluding hydrogens is 408 g/mol. The number of ether oxygens (including phenoxy) is 1. The summed E-state index contributed by atoms with van der Waals surface area (Å²) in [6, 6.07) is 5.17. The summed E-state index contributed by atoms with van der Waals surface area (Å²) in [4.78, 5) is 11.5. The molecule has 2 heterocycles. The van der Waals surface area contributed by atoms with Gasteiger partial charge in [0.15, 0.2) is 17.3 Å². The van der Waals surface area contributed by atoms with Crippen molar-refractivity contribution >= 4 is 33.6 Å². The SMILES string of the molecule is CCOc1cc(/C=N/Nc2ncnc3sc4c(c23)C[C@@H](C(C)(C)CC)CC4)ccc1O. The molecule has 31 heavy (non-hydrogen) atoms. The number of aryl methyl sites for hydroxylation is 1. The summed E-state index contributed by atoms with van der Waals surface area (Å²) in [6.07, 6.45) is 7.90. The fourth-order valence-corrected chi connectivity index (χ4v) is 5.38. The van der Waals surface area contributed by atoms with Crippen LogP contribution in [0.2, 0.25) is 0 Å². The lowest BCUT2D eigenvalue weighted by Crippen LogP contribution is -2.28. The number of aromatic hydroxyl groups is 1. The average Bonchev–Trinajstić information content (AvgIpc) is 3.15. The number of anilines is 1. The molecule has 0 bridgehead atoms. The standard InChI is InChI=1S/C24H30N4O2S/c1-5-24(3,4)16-8-10-20-17(12-16)21-22(25-14-26-23(21)31-20)28-27-13-15-7-9-18(29)19(11-15)30-6-2/h7,9,11,13-14,16,29H,5-6,8,10,12H2,1-4H3,(H,25,26,28)/b27-13+/t16-/m0/s1. The Morgan fingerprint density at radius 1 is 1.32 bits per heavy atom. The Morgan fingerprint density at radius 2 is 2.16 bits per heavy atom. The monoisotopic (exact) mass is 438 g/mol. The molecule has 1 atom stereocenters. The van der Waals surface area contributed by atoms with Crippen LogP contribution in [0.4, 0.5) is 5.82 Å². The van der Waals surface area contributed by atoms with Crippen molar-refractivity contribution < 1.29 is 9.84 Å². The average molecular weight is 439 g/mol. The second-order valence-corrected chi connectivity index (χ2v) is 9.80. The van der Waals surface area contributed by atoms with Crippen LogP contribution in [-0.4, -0.2) is 27.9 Å². The zero-order valence-corrected chi connectivity index (χ0v) is 19.4. The molecule has 0 unspecified atom stereocenters. The lowest BCUT2D eigenvalue weighted by atomic mass is 9.69. The number of nitrogens with one attached hydrogen (secondary N) is 1. The Bertz CT molecular complexity index is 1110. The second kappa shape index (κ2) is 8.83. The first kappa shape index (κ1) is 21.6. The number of rotatable bonds is 7. The first-order valence-electron chi connectivity index (χ1n) is 10.9. The molecule has 7 heteroatoms. The minimum Gasteiger partial charge on any atom is -0.504 e. The Labute approximate surface area is 187 Å². The van der Waals surface area contributed by atoms with E-state index in [1.807, 2.05) is 6.92 Å². The van der Waals surface area contributed by atoms with Crippen LogP contribution < -0.4 is 10.2 Å². The number of thiophene rings is 1. The normalized spacial score (nSPS) is 16.6.